The summed E-state index contributed by atoms with van der Waals surface area (Å²) in [7, 11) is 1.39. The maximum atomic E-state index is 10.7. The van der Waals surface area contributed by atoms with Gasteiger partial charge in [0.25, 0.3) is 0 Å². The molecular formula is C7H12O4. The molecule has 0 aromatic carbocycles. The Bertz CT molecular complexity index is 141. The highest BCUT2D eigenvalue weighted by Crippen LogP contribution is 1.91. The summed E-state index contributed by atoms with van der Waals surface area (Å²) in [4.78, 5) is 21.4. The first kappa shape index (κ1) is 10.1. The van der Waals surface area contributed by atoms with Crippen LogP contribution in [0.4, 0.5) is 0 Å². The fourth-order valence-electron chi connectivity index (χ4n) is 0.522. The molecule has 0 aliphatic heterocycles. The zero-order valence-electron chi connectivity index (χ0n) is 6.75. The Balaban J connectivity index is 3.56. The predicted molar refractivity (Wildman–Crippen MR) is 37.9 cm³/mol. The molecule has 0 heterocycles. The summed E-state index contributed by atoms with van der Waals surface area (Å²) in [5, 5.41) is 0. The quantitative estimate of drug-likeness (QED) is 0.334. The average Bonchev–Trinajstić information content (AvgIpc) is 2.00. The number of carbonyl (C=O) groups excluding carboxylic acids is 2. The molecule has 64 valence electrons. The molecule has 4 nitrogen and oxygen atoms in total. The van der Waals surface area contributed by atoms with Gasteiger partial charge in [0.15, 0.2) is 6.79 Å². The van der Waals surface area contributed by atoms with Crippen LogP contribution in [0.3, 0.4) is 0 Å². The van der Waals surface area contributed by atoms with Crippen molar-refractivity contribution in [3.05, 3.63) is 0 Å². The second-order valence-electron chi connectivity index (χ2n) is 2.01. The van der Waals surface area contributed by atoms with Gasteiger partial charge in [0.2, 0.25) is 5.78 Å². The summed E-state index contributed by atoms with van der Waals surface area (Å²) in [6, 6.07) is 0. The van der Waals surface area contributed by atoms with Gasteiger partial charge in [0, 0.05) is 13.5 Å². The van der Waals surface area contributed by atoms with E-state index in [1.165, 1.54) is 7.11 Å². The van der Waals surface area contributed by atoms with Gasteiger partial charge in [-0.2, -0.15) is 0 Å². The maximum absolute atomic E-state index is 10.7. The van der Waals surface area contributed by atoms with E-state index in [9.17, 15) is 9.59 Å². The van der Waals surface area contributed by atoms with Crippen LogP contribution in [0.2, 0.25) is 0 Å². The van der Waals surface area contributed by atoms with Crippen molar-refractivity contribution < 1.29 is 19.1 Å². The van der Waals surface area contributed by atoms with E-state index in [2.05, 4.69) is 9.47 Å². The van der Waals surface area contributed by atoms with Crippen molar-refractivity contribution in [1.82, 2.24) is 0 Å². The minimum atomic E-state index is -0.811. The predicted octanol–water partition coefficient (Wildman–Crippen LogP) is 0.503. The monoisotopic (exact) mass is 160 g/mol. The van der Waals surface area contributed by atoms with E-state index >= 15 is 0 Å². The summed E-state index contributed by atoms with van der Waals surface area (Å²) in [6.07, 6.45) is 0.892. The Labute approximate surface area is 65.5 Å². The number of hydrogen-bond acceptors (Lipinski definition) is 4. The van der Waals surface area contributed by atoms with E-state index in [4.69, 9.17) is 0 Å². The third-order valence-electron chi connectivity index (χ3n) is 1.01. The fourth-order valence-corrected chi connectivity index (χ4v) is 0.522. The van der Waals surface area contributed by atoms with Crippen LogP contribution < -0.4 is 0 Å². The lowest BCUT2D eigenvalue weighted by Gasteiger charge is -1.99. The van der Waals surface area contributed by atoms with Crippen molar-refractivity contribution in [2.24, 2.45) is 0 Å². The number of ketones is 1. The van der Waals surface area contributed by atoms with E-state index in [0.717, 1.165) is 0 Å². The molecule has 0 aliphatic rings. The Kier molecular flexibility index (Phi) is 5.37. The van der Waals surface area contributed by atoms with Gasteiger partial charge >= 0.3 is 5.97 Å². The molecule has 0 amide bonds. The van der Waals surface area contributed by atoms with Crippen molar-refractivity contribution in [3.63, 3.8) is 0 Å². The first-order valence-corrected chi connectivity index (χ1v) is 3.41. The number of rotatable bonds is 5. The van der Waals surface area contributed by atoms with Crippen molar-refractivity contribution >= 4 is 11.8 Å². The minimum Gasteiger partial charge on any atom is -0.433 e. The third kappa shape index (κ3) is 4.50. The second kappa shape index (κ2) is 5.85. The summed E-state index contributed by atoms with van der Waals surface area (Å²) in [5.41, 5.74) is 0. The standard InChI is InChI=1S/C7H12O4/c1-3-4-6(8)7(9)11-5-10-2/h3-5H2,1-2H3. The Hall–Kier alpha value is -0.900. The van der Waals surface area contributed by atoms with Crippen LogP contribution in [0, 0.1) is 0 Å². The van der Waals surface area contributed by atoms with Gasteiger partial charge in [-0.1, -0.05) is 6.92 Å². The molecule has 0 spiro atoms. The van der Waals surface area contributed by atoms with Gasteiger partial charge in [-0.15, -0.1) is 0 Å². The van der Waals surface area contributed by atoms with Crippen molar-refractivity contribution in [3.8, 4) is 0 Å². The smallest absolute Gasteiger partial charge is 0.376 e. The van der Waals surface area contributed by atoms with Gasteiger partial charge in [-0.05, 0) is 6.42 Å². The first-order chi connectivity index (χ1) is 5.22. The molecule has 11 heavy (non-hydrogen) atoms. The Morgan fingerprint density at radius 2 is 2.00 bits per heavy atom. The van der Waals surface area contributed by atoms with Gasteiger partial charge < -0.3 is 9.47 Å². The Morgan fingerprint density at radius 1 is 1.36 bits per heavy atom. The van der Waals surface area contributed by atoms with Crippen LogP contribution in [0.15, 0.2) is 0 Å². The topological polar surface area (TPSA) is 52.6 Å². The second-order valence-corrected chi connectivity index (χ2v) is 2.01. The van der Waals surface area contributed by atoms with Crippen LogP contribution in [0.1, 0.15) is 19.8 Å². The first-order valence-electron chi connectivity index (χ1n) is 3.41. The lowest BCUT2D eigenvalue weighted by molar-refractivity contribution is -0.161. The molecule has 0 aromatic rings. The van der Waals surface area contributed by atoms with Crippen LogP contribution in [0.25, 0.3) is 0 Å². The van der Waals surface area contributed by atoms with E-state index in [1.54, 1.807) is 0 Å². The van der Waals surface area contributed by atoms with E-state index in [0.29, 0.717) is 6.42 Å². The third-order valence-corrected chi connectivity index (χ3v) is 1.01. The summed E-state index contributed by atoms with van der Waals surface area (Å²) in [5.74, 6) is -1.31. The number of carbonyl (C=O) groups is 2. The summed E-state index contributed by atoms with van der Waals surface area (Å²) >= 11 is 0. The maximum Gasteiger partial charge on any atom is 0.376 e. The SMILES string of the molecule is CCCC(=O)C(=O)OCOC. The van der Waals surface area contributed by atoms with Gasteiger partial charge in [-0.3, -0.25) is 4.79 Å². The zero-order valence-corrected chi connectivity index (χ0v) is 6.75. The molecule has 0 aromatic heterocycles. The van der Waals surface area contributed by atoms with Gasteiger partial charge in [-0.25, -0.2) is 4.79 Å². The molecule has 0 unspecified atom stereocenters. The minimum absolute atomic E-state index is 0.158. The molecule has 0 atom stereocenters. The lowest BCUT2D eigenvalue weighted by Crippen LogP contribution is -2.17. The molecule has 0 bridgehead atoms. The van der Waals surface area contributed by atoms with Crippen molar-refractivity contribution in [2.75, 3.05) is 13.9 Å². The van der Waals surface area contributed by atoms with Crippen LogP contribution in [-0.4, -0.2) is 25.7 Å². The highest BCUT2D eigenvalue weighted by molar-refractivity contribution is 6.33. The summed E-state index contributed by atoms with van der Waals surface area (Å²) < 4.78 is 8.84. The largest absolute Gasteiger partial charge is 0.433 e. The molecular weight excluding hydrogens is 148 g/mol. The molecule has 0 radical (unpaired) electrons. The highest BCUT2D eigenvalue weighted by Gasteiger charge is 2.12. The van der Waals surface area contributed by atoms with Crippen molar-refractivity contribution in [1.29, 1.82) is 0 Å². The van der Waals surface area contributed by atoms with Crippen LogP contribution in [0.5, 0.6) is 0 Å². The molecule has 4 heteroatoms. The van der Waals surface area contributed by atoms with E-state index < -0.39 is 11.8 Å². The number of esters is 1. The molecule has 0 aliphatic carbocycles. The average molecular weight is 160 g/mol. The number of ether oxygens (including phenoxy) is 2. The van der Waals surface area contributed by atoms with Crippen molar-refractivity contribution in [2.45, 2.75) is 19.8 Å². The molecule has 0 saturated carbocycles. The molecule has 0 N–H and O–H groups in total. The number of hydrogen-bond donors (Lipinski definition) is 0. The normalized spacial score (nSPS) is 9.27. The highest BCUT2D eigenvalue weighted by atomic mass is 16.7. The van der Waals surface area contributed by atoms with Crippen LogP contribution >= 0.6 is 0 Å². The number of Topliss-reactive ketones (excluding diaryl/α,β-unsaturated/α-hetero) is 1. The molecule has 0 saturated heterocycles. The van der Waals surface area contributed by atoms with E-state index in [1.807, 2.05) is 6.92 Å². The molecule has 0 rings (SSSR count). The lowest BCUT2D eigenvalue weighted by atomic mass is 10.2. The summed E-state index contributed by atoms with van der Waals surface area (Å²) in [6.45, 7) is 1.66. The number of methoxy groups -OCH3 is 1. The van der Waals surface area contributed by atoms with E-state index in [-0.39, 0.29) is 13.2 Å². The Morgan fingerprint density at radius 3 is 2.45 bits per heavy atom. The van der Waals surface area contributed by atoms with Gasteiger partial charge in [0.05, 0.1) is 0 Å². The van der Waals surface area contributed by atoms with Gasteiger partial charge in [0.1, 0.15) is 0 Å². The van der Waals surface area contributed by atoms with Crippen LogP contribution in [-0.2, 0) is 19.1 Å². The fraction of sp³-hybridized carbons (Fsp3) is 0.714. The molecule has 0 fully saturated rings. The zero-order chi connectivity index (χ0) is 8.69.